The van der Waals surface area contributed by atoms with Crippen molar-refractivity contribution in [3.05, 3.63) is 22.4 Å². The van der Waals surface area contributed by atoms with Crippen molar-refractivity contribution in [3.8, 4) is 0 Å². The van der Waals surface area contributed by atoms with Crippen LogP contribution in [0.25, 0.3) is 0 Å². The zero-order valence-corrected chi connectivity index (χ0v) is 18.7. The molecule has 7 nitrogen and oxygen atoms in total. The number of carboxylic acids is 1. The van der Waals surface area contributed by atoms with E-state index in [1.165, 1.54) is 0 Å². The van der Waals surface area contributed by atoms with Crippen molar-refractivity contribution in [1.29, 1.82) is 0 Å². The van der Waals surface area contributed by atoms with E-state index in [9.17, 15) is 22.8 Å². The van der Waals surface area contributed by atoms with Crippen molar-refractivity contribution in [3.63, 3.8) is 0 Å². The summed E-state index contributed by atoms with van der Waals surface area (Å²) in [5, 5.41) is 14.5. The maximum Gasteiger partial charge on any atom is 0.490 e. The van der Waals surface area contributed by atoms with Crippen LogP contribution in [-0.2, 0) is 20.8 Å². The van der Waals surface area contributed by atoms with Crippen molar-refractivity contribution in [2.75, 3.05) is 32.7 Å². The maximum absolute atomic E-state index is 12.5. The number of carbonyl (C=O) groups excluding carboxylic acids is 2. The summed E-state index contributed by atoms with van der Waals surface area (Å²) in [6.45, 7) is 6.75. The molecule has 2 N–H and O–H groups in total. The van der Waals surface area contributed by atoms with Gasteiger partial charge in [0.25, 0.3) is 0 Å². The lowest BCUT2D eigenvalue weighted by molar-refractivity contribution is -0.192. The highest BCUT2D eigenvalue weighted by atomic mass is 32.1. The fraction of sp³-hybridized carbons (Fsp3) is 0.667. The number of carboxylic acid groups (broad SMARTS) is 1. The highest BCUT2D eigenvalue weighted by Crippen LogP contribution is 2.44. The minimum Gasteiger partial charge on any atom is -0.475 e. The number of amides is 2. The molecule has 2 amide bonds. The molecule has 0 bridgehead atoms. The molecule has 178 valence electrons. The van der Waals surface area contributed by atoms with Gasteiger partial charge in [0.15, 0.2) is 0 Å². The lowest BCUT2D eigenvalue weighted by Crippen LogP contribution is -2.56. The topological polar surface area (TPSA) is 90.0 Å². The monoisotopic (exact) mass is 475 g/mol. The predicted octanol–water partition coefficient (Wildman–Crippen LogP) is 2.37. The van der Waals surface area contributed by atoms with Crippen LogP contribution < -0.4 is 5.32 Å². The Morgan fingerprint density at radius 2 is 1.94 bits per heavy atom. The summed E-state index contributed by atoms with van der Waals surface area (Å²) < 4.78 is 31.7. The average molecular weight is 476 g/mol. The Labute approximate surface area is 188 Å². The molecule has 4 rings (SSSR count). The molecule has 0 aromatic carbocycles. The van der Waals surface area contributed by atoms with Crippen molar-refractivity contribution in [2.24, 2.45) is 11.8 Å². The van der Waals surface area contributed by atoms with Gasteiger partial charge in [-0.25, -0.2) is 4.79 Å². The first-order chi connectivity index (χ1) is 15.1. The van der Waals surface area contributed by atoms with E-state index in [1.807, 2.05) is 21.7 Å². The number of nitrogens with one attached hydrogen (secondary N) is 1. The molecular weight excluding hydrogens is 447 g/mol. The van der Waals surface area contributed by atoms with Crippen molar-refractivity contribution >= 4 is 29.1 Å². The van der Waals surface area contributed by atoms with Crippen LogP contribution in [0.3, 0.4) is 0 Å². The van der Waals surface area contributed by atoms with Gasteiger partial charge in [0.05, 0.1) is 12.3 Å². The van der Waals surface area contributed by atoms with E-state index in [0.29, 0.717) is 12.3 Å². The number of nitrogens with zero attached hydrogens (tertiary/aromatic N) is 2. The van der Waals surface area contributed by atoms with Crippen LogP contribution in [0.1, 0.15) is 31.7 Å². The Morgan fingerprint density at radius 1 is 1.28 bits per heavy atom. The molecule has 0 aliphatic carbocycles. The van der Waals surface area contributed by atoms with E-state index < -0.39 is 12.1 Å². The van der Waals surface area contributed by atoms with Crippen molar-refractivity contribution in [2.45, 2.75) is 44.3 Å². The molecular formula is C21H28F3N3O4S. The molecule has 1 aromatic rings. The zero-order valence-electron chi connectivity index (χ0n) is 17.9. The molecule has 0 radical (unpaired) electrons. The largest absolute Gasteiger partial charge is 0.490 e. The number of rotatable bonds is 4. The van der Waals surface area contributed by atoms with Gasteiger partial charge in [-0.3, -0.25) is 9.59 Å². The molecule has 1 spiro atoms. The molecule has 3 saturated heterocycles. The Hall–Kier alpha value is -2.14. The first kappa shape index (κ1) is 24.5. The van der Waals surface area contributed by atoms with Crippen LogP contribution in [0.5, 0.6) is 0 Å². The summed E-state index contributed by atoms with van der Waals surface area (Å²) in [6, 6.07) is 2.02. The van der Waals surface area contributed by atoms with Gasteiger partial charge in [-0.05, 0) is 48.2 Å². The van der Waals surface area contributed by atoms with Crippen LogP contribution >= 0.6 is 11.3 Å². The van der Waals surface area contributed by atoms with Gasteiger partial charge in [-0.15, -0.1) is 0 Å². The lowest BCUT2D eigenvalue weighted by atomic mass is 9.75. The van der Waals surface area contributed by atoms with Crippen molar-refractivity contribution < 1.29 is 32.7 Å². The number of piperidine rings is 1. The van der Waals surface area contributed by atoms with E-state index in [-0.39, 0.29) is 23.3 Å². The number of halogens is 3. The fourth-order valence-corrected chi connectivity index (χ4v) is 5.64. The van der Waals surface area contributed by atoms with Crippen LogP contribution in [0, 0.1) is 11.8 Å². The summed E-state index contributed by atoms with van der Waals surface area (Å²) in [7, 11) is 0. The lowest BCUT2D eigenvalue weighted by Gasteiger charge is -2.42. The molecule has 1 aromatic heterocycles. The molecule has 0 unspecified atom stereocenters. The highest BCUT2D eigenvalue weighted by Gasteiger charge is 2.57. The Bertz CT molecular complexity index is 823. The van der Waals surface area contributed by atoms with Gasteiger partial charge >= 0.3 is 12.1 Å². The number of fused-ring (bicyclic) bond motifs is 2. The summed E-state index contributed by atoms with van der Waals surface area (Å²) in [5.74, 6) is -1.73. The zero-order chi connectivity index (χ0) is 23.5. The second-order valence-electron chi connectivity index (χ2n) is 8.61. The molecule has 3 aliphatic rings. The smallest absolute Gasteiger partial charge is 0.475 e. The summed E-state index contributed by atoms with van der Waals surface area (Å²) in [5.41, 5.74) is 1.03. The normalized spacial score (nSPS) is 24.6. The fourth-order valence-electron chi connectivity index (χ4n) is 4.97. The SMILES string of the molecule is CCCN1C[C@H]2C(=O)NC3(CCN(C(=O)Cc4ccsc4)CC3)[C@H]2C1.O=C(O)C(F)(F)F. The van der Waals surface area contributed by atoms with Gasteiger partial charge in [0.1, 0.15) is 0 Å². The minimum absolute atomic E-state index is 0.0800. The van der Waals surface area contributed by atoms with Crippen LogP contribution in [0.2, 0.25) is 0 Å². The van der Waals surface area contributed by atoms with Gasteiger partial charge < -0.3 is 20.2 Å². The molecule has 3 fully saturated rings. The Balaban J connectivity index is 0.000000360. The van der Waals surface area contributed by atoms with Gasteiger partial charge in [0.2, 0.25) is 11.8 Å². The third-order valence-electron chi connectivity index (χ3n) is 6.54. The van der Waals surface area contributed by atoms with E-state index >= 15 is 0 Å². The number of aliphatic carboxylic acids is 1. The molecule has 3 aliphatic heterocycles. The quantitative estimate of drug-likeness (QED) is 0.698. The van der Waals surface area contributed by atoms with E-state index in [1.54, 1.807) is 11.3 Å². The molecule has 0 saturated carbocycles. The van der Waals surface area contributed by atoms with Crippen LogP contribution in [-0.4, -0.2) is 77.1 Å². The molecule has 2 atom stereocenters. The van der Waals surface area contributed by atoms with Gasteiger partial charge in [-0.2, -0.15) is 24.5 Å². The number of carbonyl (C=O) groups is 3. The second kappa shape index (κ2) is 9.78. The predicted molar refractivity (Wildman–Crippen MR) is 112 cm³/mol. The molecule has 4 heterocycles. The number of hydrogen-bond acceptors (Lipinski definition) is 5. The number of likely N-dealkylation sites (tertiary alicyclic amines) is 2. The third kappa shape index (κ3) is 5.43. The highest BCUT2D eigenvalue weighted by molar-refractivity contribution is 7.08. The second-order valence-corrected chi connectivity index (χ2v) is 9.39. The van der Waals surface area contributed by atoms with E-state index in [4.69, 9.17) is 9.90 Å². The Morgan fingerprint density at radius 3 is 2.47 bits per heavy atom. The van der Waals surface area contributed by atoms with Gasteiger partial charge in [0, 0.05) is 37.6 Å². The first-order valence-electron chi connectivity index (χ1n) is 10.7. The Kier molecular flexibility index (Phi) is 7.49. The van der Waals surface area contributed by atoms with E-state index in [2.05, 4.69) is 17.1 Å². The summed E-state index contributed by atoms with van der Waals surface area (Å²) in [4.78, 5) is 38.4. The number of hydrogen-bond donors (Lipinski definition) is 2. The number of thiophene rings is 1. The number of alkyl halides is 3. The average Bonchev–Trinajstić information content (AvgIpc) is 3.43. The first-order valence-corrected chi connectivity index (χ1v) is 11.6. The van der Waals surface area contributed by atoms with Crippen molar-refractivity contribution in [1.82, 2.24) is 15.1 Å². The summed E-state index contributed by atoms with van der Waals surface area (Å²) >= 11 is 1.64. The van der Waals surface area contributed by atoms with Crippen LogP contribution in [0.15, 0.2) is 16.8 Å². The standard InChI is InChI=1S/C19H27N3O2S.C2HF3O2/c1-2-6-21-11-15-16(12-21)19(20-18(15)24)4-7-22(8-5-19)17(23)10-14-3-9-25-13-14;3-2(4,5)1(6)7/h3,9,13,15-16H,2,4-8,10-12H2,1H3,(H,20,24);(H,6,7)/t15-,16+;/m1./s1. The molecule has 11 heteroatoms. The van der Waals surface area contributed by atoms with Gasteiger partial charge in [-0.1, -0.05) is 6.92 Å². The third-order valence-corrected chi connectivity index (χ3v) is 7.27. The van der Waals surface area contributed by atoms with Crippen LogP contribution in [0.4, 0.5) is 13.2 Å². The van der Waals surface area contributed by atoms with E-state index in [0.717, 1.165) is 57.5 Å². The molecule has 32 heavy (non-hydrogen) atoms. The maximum atomic E-state index is 12.5. The minimum atomic E-state index is -5.08. The summed E-state index contributed by atoms with van der Waals surface area (Å²) in [6.07, 6.45) is -1.65.